The summed E-state index contributed by atoms with van der Waals surface area (Å²) in [6.45, 7) is 3.66. The van der Waals surface area contributed by atoms with Gasteiger partial charge in [0.05, 0.1) is 12.8 Å². The van der Waals surface area contributed by atoms with Crippen LogP contribution in [0.15, 0.2) is 6.07 Å². The van der Waals surface area contributed by atoms with Crippen LogP contribution in [0.5, 0.6) is 5.75 Å². The predicted octanol–water partition coefficient (Wildman–Crippen LogP) is 3.74. The van der Waals surface area contributed by atoms with Gasteiger partial charge in [0.2, 0.25) is 0 Å². The maximum absolute atomic E-state index is 10.8. The van der Waals surface area contributed by atoms with E-state index in [0.29, 0.717) is 16.5 Å². The molecule has 0 bridgehead atoms. The van der Waals surface area contributed by atoms with Crippen molar-refractivity contribution < 1.29 is 9.53 Å². The quantitative estimate of drug-likeness (QED) is 0.639. The Morgan fingerprint density at radius 1 is 1.47 bits per heavy atom. The van der Waals surface area contributed by atoms with Crippen LogP contribution in [0.3, 0.4) is 0 Å². The number of aryl methyl sites for hydroxylation is 1. The summed E-state index contributed by atoms with van der Waals surface area (Å²) in [5.74, 6) is 0.545. The number of amides is 1. The summed E-state index contributed by atoms with van der Waals surface area (Å²) in [5, 5.41) is 2.40. The Bertz CT molecular complexity index is 405. The summed E-state index contributed by atoms with van der Waals surface area (Å²) in [6.07, 6.45) is 0. The van der Waals surface area contributed by atoms with Crippen LogP contribution in [0.4, 0.5) is 10.5 Å². The average Bonchev–Trinajstić information content (AvgIpc) is 2.18. The molecule has 0 aliphatic heterocycles. The number of carbonyl (C=O) groups is 1. The first-order valence-corrected chi connectivity index (χ1v) is 5.03. The average molecular weight is 248 g/mol. The van der Waals surface area contributed by atoms with E-state index in [1.807, 2.05) is 6.92 Å². The highest BCUT2D eigenvalue weighted by atomic mass is 35.5. The molecule has 0 saturated carbocycles. The Kier molecular flexibility index (Phi) is 3.83. The number of nitrogens with one attached hydrogen (secondary N) is 1. The van der Waals surface area contributed by atoms with Gasteiger partial charge in [-0.05, 0) is 42.6 Å². The minimum absolute atomic E-state index is 0.508. The second-order valence-electron chi connectivity index (χ2n) is 3.11. The first kappa shape index (κ1) is 12.1. The van der Waals surface area contributed by atoms with Crippen LogP contribution in [0.2, 0.25) is 5.02 Å². The Labute approximate surface area is 98.3 Å². The summed E-state index contributed by atoms with van der Waals surface area (Å²) in [4.78, 5) is 10.8. The van der Waals surface area contributed by atoms with E-state index in [1.165, 1.54) is 7.11 Å². The zero-order chi connectivity index (χ0) is 11.6. The molecule has 0 radical (unpaired) electrons. The second kappa shape index (κ2) is 4.73. The number of hydrogen-bond donors (Lipinski definition) is 1. The number of halogens is 2. The van der Waals surface area contributed by atoms with Gasteiger partial charge in [0, 0.05) is 5.02 Å². The van der Waals surface area contributed by atoms with E-state index in [9.17, 15) is 4.79 Å². The van der Waals surface area contributed by atoms with Crippen LogP contribution in [0, 0.1) is 13.8 Å². The monoisotopic (exact) mass is 247 g/mol. The summed E-state index contributed by atoms with van der Waals surface area (Å²) >= 11 is 11.3. The van der Waals surface area contributed by atoms with E-state index in [2.05, 4.69) is 5.32 Å². The molecule has 0 aromatic heterocycles. The minimum atomic E-state index is -0.670. The van der Waals surface area contributed by atoms with Crippen molar-refractivity contribution >= 4 is 34.3 Å². The molecule has 1 rings (SSSR count). The van der Waals surface area contributed by atoms with Crippen LogP contribution in [0.1, 0.15) is 11.1 Å². The van der Waals surface area contributed by atoms with Crippen molar-refractivity contribution in [3.8, 4) is 5.75 Å². The Morgan fingerprint density at radius 2 is 2.07 bits per heavy atom. The SMILES string of the molecule is COc1cc(C)c(Cl)c(C)c1NC(=O)Cl. The lowest BCUT2D eigenvalue weighted by atomic mass is 10.1. The number of carbonyl (C=O) groups excluding carboxylic acids is 1. The van der Waals surface area contributed by atoms with Gasteiger partial charge in [0.25, 0.3) is 0 Å². The summed E-state index contributed by atoms with van der Waals surface area (Å²) in [7, 11) is 1.52. The lowest BCUT2D eigenvalue weighted by molar-refractivity contribution is 0.268. The van der Waals surface area contributed by atoms with E-state index in [0.717, 1.165) is 11.1 Å². The molecule has 82 valence electrons. The lowest BCUT2D eigenvalue weighted by Crippen LogP contribution is -2.05. The molecular formula is C10H11Cl2NO2. The highest BCUT2D eigenvalue weighted by Gasteiger charge is 2.13. The molecule has 15 heavy (non-hydrogen) atoms. The zero-order valence-electron chi connectivity index (χ0n) is 8.65. The third-order valence-corrected chi connectivity index (χ3v) is 2.76. The topological polar surface area (TPSA) is 38.3 Å². The first-order valence-electron chi connectivity index (χ1n) is 4.27. The lowest BCUT2D eigenvalue weighted by Gasteiger charge is -2.14. The molecule has 1 aromatic rings. The van der Waals surface area contributed by atoms with Crippen molar-refractivity contribution in [3.05, 3.63) is 22.2 Å². The molecule has 0 heterocycles. The normalized spacial score (nSPS) is 9.93. The fourth-order valence-electron chi connectivity index (χ4n) is 1.34. The van der Waals surface area contributed by atoms with E-state index in [1.54, 1.807) is 13.0 Å². The number of ether oxygens (including phenoxy) is 1. The van der Waals surface area contributed by atoms with Gasteiger partial charge in [-0.1, -0.05) is 11.6 Å². The van der Waals surface area contributed by atoms with Crippen LogP contribution < -0.4 is 10.1 Å². The van der Waals surface area contributed by atoms with E-state index < -0.39 is 5.37 Å². The van der Waals surface area contributed by atoms with Crippen LogP contribution >= 0.6 is 23.2 Å². The van der Waals surface area contributed by atoms with Crippen molar-refractivity contribution in [2.24, 2.45) is 0 Å². The first-order chi connectivity index (χ1) is 6.97. The van der Waals surface area contributed by atoms with Gasteiger partial charge in [0.15, 0.2) is 0 Å². The van der Waals surface area contributed by atoms with Crippen molar-refractivity contribution in [2.75, 3.05) is 12.4 Å². The molecule has 0 spiro atoms. The largest absolute Gasteiger partial charge is 0.495 e. The van der Waals surface area contributed by atoms with Crippen LogP contribution in [0.25, 0.3) is 0 Å². The molecule has 0 fully saturated rings. The fraction of sp³-hybridized carbons (Fsp3) is 0.300. The molecule has 1 N–H and O–H groups in total. The number of methoxy groups -OCH3 is 1. The molecule has 3 nitrogen and oxygen atoms in total. The number of rotatable bonds is 2. The van der Waals surface area contributed by atoms with E-state index in [-0.39, 0.29) is 0 Å². The van der Waals surface area contributed by atoms with E-state index >= 15 is 0 Å². The standard InChI is InChI=1S/C10H11Cl2NO2/c1-5-4-7(15-3)9(13-10(12)14)6(2)8(5)11/h4H,1-3H3,(H,13,14). The molecule has 0 atom stereocenters. The van der Waals surface area contributed by atoms with Crippen molar-refractivity contribution in [1.82, 2.24) is 0 Å². The molecule has 5 heteroatoms. The number of anilines is 1. The molecule has 0 aliphatic carbocycles. The van der Waals surface area contributed by atoms with Crippen molar-refractivity contribution in [2.45, 2.75) is 13.8 Å². The zero-order valence-corrected chi connectivity index (χ0v) is 10.2. The number of hydrogen-bond acceptors (Lipinski definition) is 2. The van der Waals surface area contributed by atoms with Gasteiger partial charge in [-0.3, -0.25) is 4.79 Å². The maximum Gasteiger partial charge on any atom is 0.318 e. The molecule has 0 saturated heterocycles. The van der Waals surface area contributed by atoms with Crippen molar-refractivity contribution in [3.63, 3.8) is 0 Å². The highest BCUT2D eigenvalue weighted by Crippen LogP contribution is 2.35. The molecular weight excluding hydrogens is 237 g/mol. The molecule has 0 unspecified atom stereocenters. The van der Waals surface area contributed by atoms with Crippen LogP contribution in [-0.2, 0) is 0 Å². The third kappa shape index (κ3) is 2.55. The Hall–Kier alpha value is -0.930. The van der Waals surface area contributed by atoms with Gasteiger partial charge >= 0.3 is 5.37 Å². The summed E-state index contributed by atoms with van der Waals surface area (Å²) in [5.41, 5.74) is 2.13. The fourth-order valence-corrected chi connectivity index (χ4v) is 1.58. The van der Waals surface area contributed by atoms with Gasteiger partial charge < -0.3 is 10.1 Å². The van der Waals surface area contributed by atoms with Gasteiger partial charge in [-0.25, -0.2) is 0 Å². The Morgan fingerprint density at radius 3 is 2.53 bits per heavy atom. The highest BCUT2D eigenvalue weighted by molar-refractivity contribution is 6.65. The Balaban J connectivity index is 3.33. The summed E-state index contributed by atoms with van der Waals surface area (Å²) < 4.78 is 5.13. The van der Waals surface area contributed by atoms with Gasteiger partial charge in [0.1, 0.15) is 5.75 Å². The second-order valence-corrected chi connectivity index (χ2v) is 3.83. The van der Waals surface area contributed by atoms with Crippen LogP contribution in [-0.4, -0.2) is 12.5 Å². The summed E-state index contributed by atoms with van der Waals surface area (Å²) in [6, 6.07) is 1.75. The van der Waals surface area contributed by atoms with E-state index in [4.69, 9.17) is 27.9 Å². The smallest absolute Gasteiger partial charge is 0.318 e. The molecule has 0 aliphatic rings. The maximum atomic E-state index is 10.8. The number of benzene rings is 1. The molecule has 1 amide bonds. The predicted molar refractivity (Wildman–Crippen MR) is 62.3 cm³/mol. The molecule has 1 aromatic carbocycles. The minimum Gasteiger partial charge on any atom is -0.495 e. The van der Waals surface area contributed by atoms with Gasteiger partial charge in [-0.15, -0.1) is 0 Å². The third-order valence-electron chi connectivity index (χ3n) is 2.09. The van der Waals surface area contributed by atoms with Gasteiger partial charge in [-0.2, -0.15) is 0 Å². The van der Waals surface area contributed by atoms with Crippen molar-refractivity contribution in [1.29, 1.82) is 0 Å².